The van der Waals surface area contributed by atoms with Gasteiger partial charge in [0.1, 0.15) is 11.6 Å². The summed E-state index contributed by atoms with van der Waals surface area (Å²) in [4.78, 5) is 27.0. The van der Waals surface area contributed by atoms with Gasteiger partial charge in [-0.15, -0.1) is 0 Å². The Hall–Kier alpha value is -2.54. The van der Waals surface area contributed by atoms with Crippen molar-refractivity contribution in [1.82, 2.24) is 4.98 Å². The Bertz CT molecular complexity index is 724. The van der Waals surface area contributed by atoms with Gasteiger partial charge in [0.2, 0.25) is 5.91 Å². The highest BCUT2D eigenvalue weighted by molar-refractivity contribution is 6.31. The molecule has 0 aliphatic rings. The maximum Gasteiger partial charge on any atom is 0.274 e. The lowest BCUT2D eigenvalue weighted by molar-refractivity contribution is -0.384. The monoisotopic (exact) mass is 309 g/mol. The van der Waals surface area contributed by atoms with E-state index < -0.39 is 16.6 Å². The van der Waals surface area contributed by atoms with E-state index in [1.54, 1.807) is 0 Å². The number of halogens is 2. The number of carbonyl (C=O) groups is 1. The summed E-state index contributed by atoms with van der Waals surface area (Å²) in [5.41, 5.74) is 0.0568. The first-order chi connectivity index (χ1) is 9.90. The fourth-order valence-corrected chi connectivity index (χ4v) is 1.92. The lowest BCUT2D eigenvalue weighted by Crippen LogP contribution is -2.23. The third-order valence-electron chi connectivity index (χ3n) is 2.65. The zero-order valence-electron chi connectivity index (χ0n) is 10.8. The predicted molar refractivity (Wildman–Crippen MR) is 75.1 cm³/mol. The van der Waals surface area contributed by atoms with Crippen LogP contribution < -0.4 is 4.90 Å². The maximum absolute atomic E-state index is 13.2. The second-order valence-corrected chi connectivity index (χ2v) is 4.49. The summed E-state index contributed by atoms with van der Waals surface area (Å²) >= 11 is 5.69. The summed E-state index contributed by atoms with van der Waals surface area (Å²) in [6.07, 6.45) is 1.22. The van der Waals surface area contributed by atoms with E-state index in [9.17, 15) is 19.3 Å². The van der Waals surface area contributed by atoms with Crippen molar-refractivity contribution in [2.24, 2.45) is 0 Å². The summed E-state index contributed by atoms with van der Waals surface area (Å²) in [7, 11) is 0. The Morgan fingerprint density at radius 3 is 2.67 bits per heavy atom. The first kappa shape index (κ1) is 14.9. The van der Waals surface area contributed by atoms with Gasteiger partial charge in [-0.25, -0.2) is 9.37 Å². The van der Waals surface area contributed by atoms with Gasteiger partial charge in [-0.1, -0.05) is 11.6 Å². The molecule has 0 spiro atoms. The number of nitro groups is 1. The topological polar surface area (TPSA) is 76.3 Å². The molecule has 108 valence electrons. The van der Waals surface area contributed by atoms with Crippen LogP contribution in [0.5, 0.6) is 0 Å². The van der Waals surface area contributed by atoms with Crippen LogP contribution >= 0.6 is 11.6 Å². The van der Waals surface area contributed by atoms with Crippen molar-refractivity contribution in [1.29, 1.82) is 0 Å². The van der Waals surface area contributed by atoms with Gasteiger partial charge in [-0.2, -0.15) is 0 Å². The quantitative estimate of drug-likeness (QED) is 0.642. The number of aromatic nitrogens is 1. The number of carbonyl (C=O) groups excluding carboxylic acids is 1. The molecule has 0 aliphatic heterocycles. The van der Waals surface area contributed by atoms with E-state index in [2.05, 4.69) is 4.98 Å². The highest BCUT2D eigenvalue weighted by Crippen LogP contribution is 2.29. The Morgan fingerprint density at radius 1 is 1.38 bits per heavy atom. The second-order valence-electron chi connectivity index (χ2n) is 4.08. The molecule has 2 rings (SSSR count). The highest BCUT2D eigenvalue weighted by Gasteiger charge is 2.19. The van der Waals surface area contributed by atoms with Gasteiger partial charge in [0.25, 0.3) is 5.69 Å². The van der Waals surface area contributed by atoms with Crippen LogP contribution in [0.2, 0.25) is 5.02 Å². The van der Waals surface area contributed by atoms with Gasteiger partial charge in [0.15, 0.2) is 0 Å². The average Bonchev–Trinajstić information content (AvgIpc) is 2.43. The average molecular weight is 310 g/mol. The number of rotatable bonds is 3. The molecule has 1 amide bonds. The van der Waals surface area contributed by atoms with Crippen molar-refractivity contribution >= 4 is 34.7 Å². The van der Waals surface area contributed by atoms with Crippen molar-refractivity contribution in [3.63, 3.8) is 0 Å². The maximum atomic E-state index is 13.2. The molecule has 1 aromatic heterocycles. The van der Waals surface area contributed by atoms with Crippen LogP contribution in [0.1, 0.15) is 6.92 Å². The predicted octanol–water partition coefficient (Wildman–Crippen LogP) is 3.47. The molecular formula is C13H9ClFN3O3. The van der Waals surface area contributed by atoms with E-state index in [1.807, 2.05) is 0 Å². The largest absolute Gasteiger partial charge is 0.274 e. The molecule has 0 bridgehead atoms. The van der Waals surface area contributed by atoms with Gasteiger partial charge in [0.05, 0.1) is 21.7 Å². The molecule has 0 saturated heterocycles. The molecule has 0 N–H and O–H groups in total. The fourth-order valence-electron chi connectivity index (χ4n) is 1.74. The van der Waals surface area contributed by atoms with Crippen molar-refractivity contribution in [2.45, 2.75) is 6.92 Å². The summed E-state index contributed by atoms with van der Waals surface area (Å²) < 4.78 is 13.2. The van der Waals surface area contributed by atoms with Gasteiger partial charge < -0.3 is 0 Å². The molecular weight excluding hydrogens is 301 g/mol. The molecule has 1 heterocycles. The molecule has 0 fully saturated rings. The molecule has 1 aromatic carbocycles. The highest BCUT2D eigenvalue weighted by atomic mass is 35.5. The molecule has 0 aliphatic carbocycles. The van der Waals surface area contributed by atoms with Gasteiger partial charge in [0, 0.05) is 19.2 Å². The summed E-state index contributed by atoms with van der Waals surface area (Å²) in [6.45, 7) is 1.26. The first-order valence-electron chi connectivity index (χ1n) is 5.76. The van der Waals surface area contributed by atoms with Crippen LogP contribution in [0, 0.1) is 15.9 Å². The lowest BCUT2D eigenvalue weighted by atomic mass is 10.2. The number of nitrogens with zero attached hydrogens (tertiary/aromatic N) is 3. The third kappa shape index (κ3) is 3.14. The van der Waals surface area contributed by atoms with Gasteiger partial charge in [-0.05, 0) is 18.2 Å². The number of benzene rings is 1. The molecule has 6 nitrogen and oxygen atoms in total. The normalized spacial score (nSPS) is 10.2. The Labute approximate surface area is 123 Å². The number of hydrogen-bond donors (Lipinski definition) is 0. The van der Waals surface area contributed by atoms with Crippen molar-refractivity contribution in [3.05, 3.63) is 57.5 Å². The zero-order chi connectivity index (χ0) is 15.6. The minimum Gasteiger partial charge on any atom is -0.274 e. The summed E-state index contributed by atoms with van der Waals surface area (Å²) in [5.74, 6) is -1.01. The van der Waals surface area contributed by atoms with Crippen LogP contribution in [0.3, 0.4) is 0 Å². The van der Waals surface area contributed by atoms with Crippen molar-refractivity contribution in [3.8, 4) is 0 Å². The number of amides is 1. The lowest BCUT2D eigenvalue weighted by Gasteiger charge is -2.20. The Balaban J connectivity index is 2.53. The van der Waals surface area contributed by atoms with Crippen LogP contribution in [0.25, 0.3) is 0 Å². The molecule has 21 heavy (non-hydrogen) atoms. The Morgan fingerprint density at radius 2 is 2.10 bits per heavy atom. The number of anilines is 2. The molecule has 0 radical (unpaired) electrons. The van der Waals surface area contributed by atoms with Crippen molar-refractivity contribution < 1.29 is 14.1 Å². The zero-order valence-corrected chi connectivity index (χ0v) is 11.5. The van der Waals surface area contributed by atoms with E-state index in [0.717, 1.165) is 17.0 Å². The number of pyridine rings is 1. The number of hydrogen-bond acceptors (Lipinski definition) is 4. The van der Waals surface area contributed by atoms with E-state index in [1.165, 1.54) is 31.3 Å². The molecule has 0 atom stereocenters. The fraction of sp³-hybridized carbons (Fsp3) is 0.0769. The van der Waals surface area contributed by atoms with Crippen LogP contribution in [-0.2, 0) is 4.79 Å². The summed E-state index contributed by atoms with van der Waals surface area (Å²) in [5, 5.41) is 10.6. The minimum atomic E-state index is -0.629. The molecule has 8 heteroatoms. The molecule has 0 saturated carbocycles. The minimum absolute atomic E-state index is 0.0550. The molecule has 0 unspecified atom stereocenters. The SMILES string of the molecule is CC(=O)N(c1ccc(F)c(Cl)c1)c1cc([N+](=O)[O-])ccn1. The Kier molecular flexibility index (Phi) is 4.13. The van der Waals surface area contributed by atoms with Gasteiger partial charge in [-0.3, -0.25) is 19.8 Å². The standard InChI is InChI=1S/C13H9ClFN3O3/c1-8(19)17(9-2-3-12(15)11(14)6-9)13-7-10(18(20)21)4-5-16-13/h2-7H,1H3. The summed E-state index contributed by atoms with van der Waals surface area (Å²) in [6, 6.07) is 6.05. The van der Waals surface area contributed by atoms with E-state index in [0.29, 0.717) is 0 Å². The van der Waals surface area contributed by atoms with Crippen LogP contribution in [0.4, 0.5) is 21.6 Å². The van der Waals surface area contributed by atoms with E-state index in [-0.39, 0.29) is 22.2 Å². The van der Waals surface area contributed by atoms with E-state index in [4.69, 9.17) is 11.6 Å². The van der Waals surface area contributed by atoms with E-state index >= 15 is 0 Å². The third-order valence-corrected chi connectivity index (χ3v) is 2.93. The second kappa shape index (κ2) is 5.84. The van der Waals surface area contributed by atoms with Crippen molar-refractivity contribution in [2.75, 3.05) is 4.90 Å². The smallest absolute Gasteiger partial charge is 0.274 e. The van der Waals surface area contributed by atoms with Crippen LogP contribution in [-0.4, -0.2) is 15.8 Å². The van der Waals surface area contributed by atoms with Crippen LogP contribution in [0.15, 0.2) is 36.5 Å². The van der Waals surface area contributed by atoms with Gasteiger partial charge >= 0.3 is 0 Å². The molecule has 2 aromatic rings. The first-order valence-corrected chi connectivity index (χ1v) is 6.14.